The van der Waals surface area contributed by atoms with Crippen LogP contribution in [0.3, 0.4) is 0 Å². The average Bonchev–Trinajstić information content (AvgIpc) is 3.44. The summed E-state index contributed by atoms with van der Waals surface area (Å²) in [4.78, 5) is 36.6. The lowest BCUT2D eigenvalue weighted by Gasteiger charge is -2.46. The van der Waals surface area contributed by atoms with E-state index < -0.39 is 0 Å². The van der Waals surface area contributed by atoms with E-state index >= 15 is 0 Å². The van der Waals surface area contributed by atoms with Gasteiger partial charge in [0, 0.05) is 96.2 Å². The quantitative estimate of drug-likeness (QED) is 0.311. The number of para-hydroxylation sites is 1. The third-order valence-corrected chi connectivity index (χ3v) is 12.8. The Morgan fingerprint density at radius 3 is 2.62 bits per heavy atom. The van der Waals surface area contributed by atoms with Gasteiger partial charge >= 0.3 is 0 Å². The molecule has 2 aromatic carbocycles. The number of piperazine rings is 1. The monoisotopic (exact) mass is 705 g/mol. The summed E-state index contributed by atoms with van der Waals surface area (Å²) in [5.74, 6) is 3.12. The molecule has 3 aromatic rings. The first-order chi connectivity index (χ1) is 25.4. The number of phenolic OH excluding ortho intramolecular Hbond substituents is 1. The lowest BCUT2D eigenvalue weighted by molar-refractivity contribution is -0.137. The number of likely N-dealkylation sites (tertiary alicyclic amines) is 1. The topological polar surface area (TPSA) is 130 Å². The SMILES string of the molecule is O=C1CCC(N2Cc3ccc(N4CCO[C@@H](CN5C[C@@H]6C(CN7CCN8c9cc(-c%10ccccc%10O)nnc9NC[C@H]8C7)[C@@H]6C5)C4)cc3C2)C(=O)N1. The average molecular weight is 706 g/mol. The number of benzene rings is 2. The number of imide groups is 1. The summed E-state index contributed by atoms with van der Waals surface area (Å²) in [5, 5.41) is 25.3. The Hall–Kier alpha value is -4.30. The molecule has 4 saturated heterocycles. The van der Waals surface area contributed by atoms with Gasteiger partial charge in [-0.25, -0.2) is 0 Å². The van der Waals surface area contributed by atoms with Crippen LogP contribution in [0.5, 0.6) is 5.75 Å². The molecule has 13 nitrogen and oxygen atoms in total. The Bertz CT molecular complexity index is 1880. The molecule has 6 aliphatic heterocycles. The number of hydrogen-bond donors (Lipinski definition) is 3. The zero-order chi connectivity index (χ0) is 34.9. The van der Waals surface area contributed by atoms with E-state index in [9.17, 15) is 14.7 Å². The first kappa shape index (κ1) is 32.4. The minimum absolute atomic E-state index is 0.157. The van der Waals surface area contributed by atoms with Crippen LogP contribution >= 0.6 is 0 Å². The molecule has 7 aliphatic rings. The third-order valence-electron chi connectivity index (χ3n) is 12.8. The second-order valence-corrected chi connectivity index (χ2v) is 15.9. The normalized spacial score (nSPS) is 30.3. The molecule has 0 spiro atoms. The molecule has 0 bridgehead atoms. The Labute approximate surface area is 303 Å². The van der Waals surface area contributed by atoms with Crippen LogP contribution in [0.25, 0.3) is 11.3 Å². The van der Waals surface area contributed by atoms with Crippen molar-refractivity contribution in [1.29, 1.82) is 0 Å². The molecule has 10 rings (SSSR count). The van der Waals surface area contributed by atoms with Crippen molar-refractivity contribution in [1.82, 2.24) is 30.2 Å². The number of phenols is 1. The highest BCUT2D eigenvalue weighted by atomic mass is 16.5. The predicted octanol–water partition coefficient (Wildman–Crippen LogP) is 1.97. The Balaban J connectivity index is 0.701. The van der Waals surface area contributed by atoms with Crippen molar-refractivity contribution >= 4 is 29.0 Å². The van der Waals surface area contributed by atoms with Crippen molar-refractivity contribution in [3.63, 3.8) is 0 Å². The van der Waals surface area contributed by atoms with Crippen LogP contribution in [-0.4, -0.2) is 132 Å². The maximum Gasteiger partial charge on any atom is 0.243 e. The van der Waals surface area contributed by atoms with Crippen LogP contribution in [0.1, 0.15) is 24.0 Å². The van der Waals surface area contributed by atoms with Crippen molar-refractivity contribution in [2.75, 3.05) is 87.2 Å². The van der Waals surface area contributed by atoms with E-state index in [2.05, 4.69) is 69.6 Å². The molecule has 1 aromatic heterocycles. The Morgan fingerprint density at radius 2 is 1.75 bits per heavy atom. The second kappa shape index (κ2) is 13.0. The third kappa shape index (κ3) is 5.97. The van der Waals surface area contributed by atoms with Crippen molar-refractivity contribution in [2.24, 2.45) is 17.8 Å². The number of piperidine rings is 2. The molecule has 1 aliphatic carbocycles. The van der Waals surface area contributed by atoms with E-state index in [1.165, 1.54) is 36.4 Å². The van der Waals surface area contributed by atoms with Gasteiger partial charge in [-0.15, -0.1) is 10.2 Å². The smallest absolute Gasteiger partial charge is 0.243 e. The van der Waals surface area contributed by atoms with Crippen LogP contribution in [0.15, 0.2) is 48.5 Å². The standard InChI is InChI=1S/C39H47N9O4/c49-36-4-2-1-3-29(36)33-14-35-38(43-42-33)40-15-27-18-44(9-10-48(27)35)21-30-31-22-45(23-32(30)31)19-28-20-46(11-12-52-28)26-6-5-24-16-47(17-25(24)13-26)34-7-8-37(50)41-39(34)51/h1-6,13-14,27-28,30-32,34,49H,7-12,15-23H2,(H,40,43)(H,41,50,51)/t27-,28-,30?,31-,32+,34?/m0/s1. The number of fused-ring (bicyclic) bond motifs is 5. The summed E-state index contributed by atoms with van der Waals surface area (Å²) in [5.41, 5.74) is 6.30. The summed E-state index contributed by atoms with van der Waals surface area (Å²) < 4.78 is 6.31. The molecular weight excluding hydrogens is 658 g/mol. The van der Waals surface area contributed by atoms with Crippen molar-refractivity contribution in [3.05, 3.63) is 59.7 Å². The van der Waals surface area contributed by atoms with Crippen LogP contribution in [0.4, 0.5) is 17.2 Å². The molecule has 7 heterocycles. The molecule has 13 heteroatoms. The molecule has 5 fully saturated rings. The first-order valence-corrected chi connectivity index (χ1v) is 19.1. The van der Waals surface area contributed by atoms with E-state index in [1.807, 2.05) is 18.2 Å². The molecule has 3 N–H and O–H groups in total. The van der Waals surface area contributed by atoms with Crippen LogP contribution < -0.4 is 20.4 Å². The van der Waals surface area contributed by atoms with Gasteiger partial charge in [0.05, 0.1) is 36.2 Å². The fraction of sp³-hybridized carbons (Fsp3) is 0.538. The fourth-order valence-corrected chi connectivity index (χ4v) is 10.0. The molecule has 272 valence electrons. The van der Waals surface area contributed by atoms with E-state index in [1.54, 1.807) is 6.07 Å². The number of amides is 2. The van der Waals surface area contributed by atoms with Gasteiger partial charge in [0.15, 0.2) is 5.82 Å². The summed E-state index contributed by atoms with van der Waals surface area (Å²) >= 11 is 0. The van der Waals surface area contributed by atoms with E-state index in [0.29, 0.717) is 30.1 Å². The van der Waals surface area contributed by atoms with Crippen molar-refractivity contribution in [2.45, 2.75) is 44.1 Å². The number of hydrogen-bond acceptors (Lipinski definition) is 12. The first-order valence-electron chi connectivity index (χ1n) is 19.1. The van der Waals surface area contributed by atoms with Crippen LogP contribution in [-0.2, 0) is 27.4 Å². The van der Waals surface area contributed by atoms with Crippen LogP contribution in [0.2, 0.25) is 0 Å². The lowest BCUT2D eigenvalue weighted by Crippen LogP contribution is -2.58. The van der Waals surface area contributed by atoms with Gasteiger partial charge < -0.3 is 29.9 Å². The van der Waals surface area contributed by atoms with Gasteiger partial charge in [-0.2, -0.15) is 0 Å². The molecule has 52 heavy (non-hydrogen) atoms. The summed E-state index contributed by atoms with van der Waals surface area (Å²) in [6.07, 6.45) is 1.21. The molecule has 2 unspecified atom stereocenters. The van der Waals surface area contributed by atoms with E-state index in [4.69, 9.17) is 4.74 Å². The highest BCUT2D eigenvalue weighted by molar-refractivity contribution is 6.00. The zero-order valence-electron chi connectivity index (χ0n) is 29.5. The Morgan fingerprint density at radius 1 is 0.885 bits per heavy atom. The summed E-state index contributed by atoms with van der Waals surface area (Å²) in [7, 11) is 0. The number of nitrogens with one attached hydrogen (secondary N) is 2. The highest BCUT2D eigenvalue weighted by Gasteiger charge is 2.56. The minimum Gasteiger partial charge on any atom is -0.507 e. The molecule has 0 radical (unpaired) electrons. The second-order valence-electron chi connectivity index (χ2n) is 15.9. The van der Waals surface area contributed by atoms with Crippen molar-refractivity contribution < 1.29 is 19.4 Å². The van der Waals surface area contributed by atoms with Gasteiger partial charge in [0.2, 0.25) is 11.8 Å². The number of ether oxygens (including phenoxy) is 1. The predicted molar refractivity (Wildman–Crippen MR) is 196 cm³/mol. The fourth-order valence-electron chi connectivity index (χ4n) is 10.0. The number of aromatic nitrogens is 2. The van der Waals surface area contributed by atoms with Crippen LogP contribution in [0, 0.1) is 17.8 Å². The molecule has 2 amide bonds. The maximum atomic E-state index is 12.5. The lowest BCUT2D eigenvalue weighted by atomic mass is 10.0. The summed E-state index contributed by atoms with van der Waals surface area (Å²) in [6.45, 7) is 12.5. The molecule has 6 atom stereocenters. The summed E-state index contributed by atoms with van der Waals surface area (Å²) in [6, 6.07) is 16.3. The number of rotatable bonds is 7. The van der Waals surface area contributed by atoms with E-state index in [-0.39, 0.29) is 29.7 Å². The highest BCUT2D eigenvalue weighted by Crippen LogP contribution is 2.52. The number of carbonyl (C=O) groups excluding carboxylic acids is 2. The van der Waals surface area contributed by atoms with Gasteiger partial charge in [0.25, 0.3) is 0 Å². The Kier molecular flexibility index (Phi) is 8.07. The number of carbonyl (C=O) groups is 2. The molecule has 1 saturated carbocycles. The van der Waals surface area contributed by atoms with Gasteiger partial charge in [0.1, 0.15) is 5.75 Å². The largest absolute Gasteiger partial charge is 0.507 e. The number of nitrogens with zero attached hydrogens (tertiary/aromatic N) is 7. The van der Waals surface area contributed by atoms with Gasteiger partial charge in [-0.3, -0.25) is 24.7 Å². The zero-order valence-corrected chi connectivity index (χ0v) is 29.5. The number of aromatic hydroxyl groups is 1. The maximum absolute atomic E-state index is 12.5. The number of morpholine rings is 1. The minimum atomic E-state index is -0.229. The van der Waals surface area contributed by atoms with Gasteiger partial charge in [-0.1, -0.05) is 18.2 Å². The number of anilines is 3. The van der Waals surface area contributed by atoms with Gasteiger partial charge in [-0.05, 0) is 65.6 Å². The molecular formula is C39H47N9O4. The van der Waals surface area contributed by atoms with E-state index in [0.717, 1.165) is 94.8 Å². The van der Waals surface area contributed by atoms with Crippen molar-refractivity contribution in [3.8, 4) is 17.0 Å².